The van der Waals surface area contributed by atoms with Crippen molar-refractivity contribution in [2.24, 2.45) is 0 Å². The maximum Gasteiger partial charge on any atom is 0.410 e. The number of ether oxygens (including phenoxy) is 1. The molecule has 0 spiro atoms. The van der Waals surface area contributed by atoms with Gasteiger partial charge in [-0.15, -0.1) is 11.3 Å². The molecule has 116 valence electrons. The fraction of sp³-hybridized carbons (Fsp3) is 0.643. The highest BCUT2D eigenvalue weighted by molar-refractivity contribution is 7.07. The molecule has 0 atom stereocenters. The highest BCUT2D eigenvalue weighted by Gasteiger charge is 2.26. The van der Waals surface area contributed by atoms with Crippen LogP contribution in [0.3, 0.4) is 0 Å². The van der Waals surface area contributed by atoms with E-state index in [0.29, 0.717) is 31.9 Å². The molecule has 1 saturated heterocycles. The first-order chi connectivity index (χ1) is 9.87. The maximum atomic E-state index is 12.3. The third-order valence-electron chi connectivity index (χ3n) is 3.09. The molecule has 2 rings (SSSR count). The van der Waals surface area contributed by atoms with Crippen LogP contribution in [-0.4, -0.2) is 58.6 Å². The van der Waals surface area contributed by atoms with Gasteiger partial charge in [-0.1, -0.05) is 0 Å². The summed E-state index contributed by atoms with van der Waals surface area (Å²) in [7, 11) is 0. The van der Waals surface area contributed by atoms with Crippen LogP contribution in [0.25, 0.3) is 0 Å². The summed E-state index contributed by atoms with van der Waals surface area (Å²) in [6, 6.07) is 0. The predicted molar refractivity (Wildman–Crippen MR) is 80.4 cm³/mol. The van der Waals surface area contributed by atoms with Crippen molar-refractivity contribution >= 4 is 23.3 Å². The van der Waals surface area contributed by atoms with Gasteiger partial charge >= 0.3 is 6.09 Å². The molecular formula is C14H21N3O3S. The molecule has 0 radical (unpaired) electrons. The van der Waals surface area contributed by atoms with Crippen molar-refractivity contribution in [3.05, 3.63) is 16.6 Å². The number of rotatable bonds is 1. The van der Waals surface area contributed by atoms with Crippen molar-refractivity contribution in [1.82, 2.24) is 14.8 Å². The van der Waals surface area contributed by atoms with E-state index in [-0.39, 0.29) is 12.0 Å². The second-order valence-electron chi connectivity index (χ2n) is 5.99. The third-order valence-corrected chi connectivity index (χ3v) is 3.67. The smallest absolute Gasteiger partial charge is 0.410 e. The van der Waals surface area contributed by atoms with E-state index in [1.165, 1.54) is 11.3 Å². The van der Waals surface area contributed by atoms with Gasteiger partial charge in [0.15, 0.2) is 0 Å². The zero-order chi connectivity index (χ0) is 15.5. The zero-order valence-corrected chi connectivity index (χ0v) is 13.5. The Morgan fingerprint density at radius 3 is 2.48 bits per heavy atom. The molecule has 0 N–H and O–H groups in total. The lowest BCUT2D eigenvalue weighted by Gasteiger charge is -2.26. The second kappa shape index (κ2) is 6.43. The summed E-state index contributed by atoms with van der Waals surface area (Å²) < 4.78 is 5.37. The van der Waals surface area contributed by atoms with Gasteiger partial charge in [0, 0.05) is 31.6 Å². The number of hydrogen-bond acceptors (Lipinski definition) is 5. The standard InChI is InChI=1S/C14H21N3O3S/c1-14(2,3)20-13(19)17-6-4-5-16(7-8-17)12(18)11-9-21-10-15-11/h9-10H,4-8H2,1-3H3. The van der Waals surface area contributed by atoms with Crippen molar-refractivity contribution < 1.29 is 14.3 Å². The van der Waals surface area contributed by atoms with Crippen LogP contribution in [0.4, 0.5) is 4.79 Å². The van der Waals surface area contributed by atoms with Crippen molar-refractivity contribution in [2.45, 2.75) is 32.8 Å². The van der Waals surface area contributed by atoms with E-state index < -0.39 is 5.60 Å². The van der Waals surface area contributed by atoms with Crippen LogP contribution in [0.1, 0.15) is 37.7 Å². The topological polar surface area (TPSA) is 62.7 Å². The van der Waals surface area contributed by atoms with Gasteiger partial charge in [0.2, 0.25) is 0 Å². The number of carbonyl (C=O) groups is 2. The molecule has 2 heterocycles. The van der Waals surface area contributed by atoms with E-state index in [1.807, 2.05) is 20.8 Å². The lowest BCUT2D eigenvalue weighted by atomic mass is 10.2. The lowest BCUT2D eigenvalue weighted by Crippen LogP contribution is -2.40. The number of amides is 2. The van der Waals surface area contributed by atoms with E-state index in [0.717, 1.165) is 6.42 Å². The molecule has 1 aromatic rings. The molecule has 0 aliphatic carbocycles. The van der Waals surface area contributed by atoms with E-state index in [1.54, 1.807) is 20.7 Å². The molecule has 1 fully saturated rings. The number of aromatic nitrogens is 1. The van der Waals surface area contributed by atoms with Gasteiger partial charge in [0.05, 0.1) is 5.51 Å². The molecular weight excluding hydrogens is 290 g/mol. The number of thiazole rings is 1. The van der Waals surface area contributed by atoms with Crippen LogP contribution in [0.5, 0.6) is 0 Å². The Kier molecular flexibility index (Phi) is 4.82. The minimum atomic E-state index is -0.501. The highest BCUT2D eigenvalue weighted by atomic mass is 32.1. The van der Waals surface area contributed by atoms with E-state index in [9.17, 15) is 9.59 Å². The van der Waals surface area contributed by atoms with Gasteiger partial charge in [-0.3, -0.25) is 4.79 Å². The molecule has 7 heteroatoms. The largest absolute Gasteiger partial charge is 0.444 e. The molecule has 21 heavy (non-hydrogen) atoms. The van der Waals surface area contributed by atoms with Crippen LogP contribution in [-0.2, 0) is 4.74 Å². The Labute approximate surface area is 128 Å². The van der Waals surface area contributed by atoms with Crippen LogP contribution in [0, 0.1) is 0 Å². The first-order valence-electron chi connectivity index (χ1n) is 7.02. The molecule has 0 aromatic carbocycles. The maximum absolute atomic E-state index is 12.3. The fourth-order valence-corrected chi connectivity index (χ4v) is 2.64. The van der Waals surface area contributed by atoms with Gasteiger partial charge in [-0.25, -0.2) is 9.78 Å². The number of carbonyl (C=O) groups excluding carboxylic acids is 2. The van der Waals surface area contributed by atoms with Gasteiger partial charge in [0.25, 0.3) is 5.91 Å². The summed E-state index contributed by atoms with van der Waals surface area (Å²) in [4.78, 5) is 31.8. The van der Waals surface area contributed by atoms with Crippen LogP contribution in [0.15, 0.2) is 10.9 Å². The molecule has 1 aliphatic rings. The zero-order valence-electron chi connectivity index (χ0n) is 12.7. The Balaban J connectivity index is 1.93. The van der Waals surface area contributed by atoms with E-state index >= 15 is 0 Å². The fourth-order valence-electron chi connectivity index (χ4n) is 2.11. The Hall–Kier alpha value is -1.63. The van der Waals surface area contributed by atoms with E-state index in [4.69, 9.17) is 4.74 Å². The molecule has 1 aromatic heterocycles. The summed E-state index contributed by atoms with van der Waals surface area (Å²) in [6.45, 7) is 7.79. The van der Waals surface area contributed by atoms with Crippen molar-refractivity contribution in [1.29, 1.82) is 0 Å². The van der Waals surface area contributed by atoms with Crippen molar-refractivity contribution in [3.8, 4) is 0 Å². The van der Waals surface area contributed by atoms with Gasteiger partial charge in [-0.2, -0.15) is 0 Å². The first-order valence-corrected chi connectivity index (χ1v) is 7.96. The lowest BCUT2D eigenvalue weighted by molar-refractivity contribution is 0.0255. The predicted octanol–water partition coefficient (Wildman–Crippen LogP) is 2.23. The molecule has 6 nitrogen and oxygen atoms in total. The Morgan fingerprint density at radius 1 is 1.19 bits per heavy atom. The second-order valence-corrected chi connectivity index (χ2v) is 6.71. The normalized spacial score (nSPS) is 16.5. The summed E-state index contributed by atoms with van der Waals surface area (Å²) in [6.07, 6.45) is 0.431. The van der Waals surface area contributed by atoms with Gasteiger partial charge < -0.3 is 14.5 Å². The van der Waals surface area contributed by atoms with Gasteiger partial charge in [-0.05, 0) is 27.2 Å². The Morgan fingerprint density at radius 2 is 1.86 bits per heavy atom. The van der Waals surface area contributed by atoms with Crippen LogP contribution < -0.4 is 0 Å². The summed E-state index contributed by atoms with van der Waals surface area (Å²) in [5, 5.41) is 1.75. The quantitative estimate of drug-likeness (QED) is 0.798. The van der Waals surface area contributed by atoms with Crippen molar-refractivity contribution in [3.63, 3.8) is 0 Å². The average Bonchev–Trinajstić information content (AvgIpc) is 2.80. The van der Waals surface area contributed by atoms with Crippen molar-refractivity contribution in [2.75, 3.05) is 26.2 Å². The number of hydrogen-bond donors (Lipinski definition) is 0. The number of nitrogens with zero attached hydrogens (tertiary/aromatic N) is 3. The van der Waals surface area contributed by atoms with E-state index in [2.05, 4.69) is 4.98 Å². The summed E-state index contributed by atoms with van der Waals surface area (Å²) in [5.41, 5.74) is 1.63. The SMILES string of the molecule is CC(C)(C)OC(=O)N1CCCN(C(=O)c2cscn2)CC1. The Bertz CT molecular complexity index is 496. The third kappa shape index (κ3) is 4.42. The minimum absolute atomic E-state index is 0.0673. The van der Waals surface area contributed by atoms with Crippen LogP contribution in [0.2, 0.25) is 0 Å². The molecule has 0 unspecified atom stereocenters. The molecule has 0 bridgehead atoms. The minimum Gasteiger partial charge on any atom is -0.444 e. The summed E-state index contributed by atoms with van der Waals surface area (Å²) in [5.74, 6) is -0.0673. The summed E-state index contributed by atoms with van der Waals surface area (Å²) >= 11 is 1.41. The molecule has 2 amide bonds. The van der Waals surface area contributed by atoms with Crippen LogP contribution >= 0.6 is 11.3 Å². The molecule has 0 saturated carbocycles. The highest BCUT2D eigenvalue weighted by Crippen LogP contribution is 2.13. The monoisotopic (exact) mass is 311 g/mol. The average molecular weight is 311 g/mol. The first kappa shape index (κ1) is 15.8. The van der Waals surface area contributed by atoms with Gasteiger partial charge in [0.1, 0.15) is 11.3 Å². The molecule has 1 aliphatic heterocycles.